The van der Waals surface area contributed by atoms with E-state index in [2.05, 4.69) is 5.32 Å². The maximum absolute atomic E-state index is 12.2. The van der Waals surface area contributed by atoms with Crippen LogP contribution in [0.3, 0.4) is 0 Å². The van der Waals surface area contributed by atoms with Gasteiger partial charge in [-0.3, -0.25) is 9.59 Å². The fraction of sp³-hybridized carbons (Fsp3) is 0.467. The topological polar surface area (TPSA) is 67.9 Å². The van der Waals surface area contributed by atoms with Gasteiger partial charge in [0, 0.05) is 25.3 Å². The van der Waals surface area contributed by atoms with Crippen molar-refractivity contribution in [1.82, 2.24) is 10.2 Å². The summed E-state index contributed by atoms with van der Waals surface area (Å²) in [5, 5.41) is 2.89. The molecule has 1 N–H and O–H groups in total. The first kappa shape index (κ1) is 15.5. The zero-order valence-electron chi connectivity index (χ0n) is 12.2. The van der Waals surface area contributed by atoms with Gasteiger partial charge in [-0.1, -0.05) is 30.3 Å². The van der Waals surface area contributed by atoms with Crippen LogP contribution in [-0.4, -0.2) is 49.6 Å². The Hall–Kier alpha value is -1.92. The number of hydrogen-bond donors (Lipinski definition) is 1. The third-order valence-corrected chi connectivity index (χ3v) is 3.47. The number of benzene rings is 1. The Morgan fingerprint density at radius 2 is 2.14 bits per heavy atom. The molecule has 0 saturated carbocycles. The Morgan fingerprint density at radius 3 is 2.76 bits per heavy atom. The van der Waals surface area contributed by atoms with Crippen LogP contribution in [0.4, 0.5) is 0 Å². The van der Waals surface area contributed by atoms with Crippen molar-refractivity contribution in [3.8, 4) is 0 Å². The van der Waals surface area contributed by atoms with Crippen molar-refractivity contribution in [3.63, 3.8) is 0 Å². The standard InChI is InChI=1S/C15H20N2O4/c1-11-8-17(13(9-20-2)14(19)16-11)15(21-10-18)12-6-4-3-5-7-12/h3-7,10-11,13,15H,8-9H2,1-2H3,(H,16,19). The number of hydrogen-bond acceptors (Lipinski definition) is 5. The molecule has 1 aliphatic rings. The highest BCUT2D eigenvalue weighted by atomic mass is 16.5. The molecule has 1 saturated heterocycles. The van der Waals surface area contributed by atoms with Gasteiger partial charge in [-0.2, -0.15) is 0 Å². The van der Waals surface area contributed by atoms with E-state index in [1.165, 1.54) is 0 Å². The van der Waals surface area contributed by atoms with Crippen LogP contribution in [0.15, 0.2) is 30.3 Å². The number of carbonyl (C=O) groups excluding carboxylic acids is 2. The van der Waals surface area contributed by atoms with E-state index < -0.39 is 12.3 Å². The van der Waals surface area contributed by atoms with Crippen LogP contribution in [0.5, 0.6) is 0 Å². The van der Waals surface area contributed by atoms with Gasteiger partial charge >= 0.3 is 0 Å². The van der Waals surface area contributed by atoms with E-state index >= 15 is 0 Å². The van der Waals surface area contributed by atoms with Crippen molar-refractivity contribution < 1.29 is 19.1 Å². The quantitative estimate of drug-likeness (QED) is 0.782. The van der Waals surface area contributed by atoms with Gasteiger partial charge in [0.25, 0.3) is 6.47 Å². The van der Waals surface area contributed by atoms with Gasteiger partial charge in [0.05, 0.1) is 6.61 Å². The lowest BCUT2D eigenvalue weighted by atomic mass is 10.1. The second-order valence-electron chi connectivity index (χ2n) is 5.07. The fourth-order valence-electron chi connectivity index (χ4n) is 2.59. The molecule has 1 amide bonds. The molecule has 3 unspecified atom stereocenters. The SMILES string of the molecule is COCC1C(=O)NC(C)CN1C(OC=O)c1ccccc1. The molecule has 1 aromatic rings. The summed E-state index contributed by atoms with van der Waals surface area (Å²) in [7, 11) is 1.54. The lowest BCUT2D eigenvalue weighted by Gasteiger charge is -2.41. The molecule has 0 radical (unpaired) electrons. The lowest BCUT2D eigenvalue weighted by Crippen LogP contribution is -2.61. The molecule has 0 spiro atoms. The monoisotopic (exact) mass is 292 g/mol. The molecule has 3 atom stereocenters. The molecule has 6 nitrogen and oxygen atoms in total. The zero-order valence-corrected chi connectivity index (χ0v) is 12.2. The van der Waals surface area contributed by atoms with Gasteiger partial charge in [0.2, 0.25) is 5.91 Å². The van der Waals surface area contributed by atoms with Crippen LogP contribution in [0.25, 0.3) is 0 Å². The number of ether oxygens (including phenoxy) is 2. The Morgan fingerprint density at radius 1 is 1.43 bits per heavy atom. The van der Waals surface area contributed by atoms with Gasteiger partial charge < -0.3 is 14.8 Å². The van der Waals surface area contributed by atoms with Gasteiger partial charge in [-0.25, -0.2) is 4.90 Å². The molecule has 2 rings (SSSR count). The van der Waals surface area contributed by atoms with Crippen molar-refractivity contribution in [2.45, 2.75) is 25.2 Å². The first-order chi connectivity index (χ1) is 10.2. The number of rotatable bonds is 6. The number of methoxy groups -OCH3 is 1. The van der Waals surface area contributed by atoms with E-state index in [0.29, 0.717) is 13.0 Å². The summed E-state index contributed by atoms with van der Waals surface area (Å²) in [5.74, 6) is -0.119. The lowest BCUT2D eigenvalue weighted by molar-refractivity contribution is -0.159. The Balaban J connectivity index is 2.30. The summed E-state index contributed by atoms with van der Waals surface area (Å²) in [6.07, 6.45) is -0.600. The highest BCUT2D eigenvalue weighted by Crippen LogP contribution is 2.26. The molecule has 0 aliphatic carbocycles. The largest absolute Gasteiger partial charge is 0.444 e. The van der Waals surface area contributed by atoms with Crippen LogP contribution in [0, 0.1) is 0 Å². The number of carbonyl (C=O) groups is 2. The number of piperazine rings is 1. The first-order valence-corrected chi connectivity index (χ1v) is 6.86. The number of amides is 1. The van der Waals surface area contributed by atoms with Crippen LogP contribution in [0.2, 0.25) is 0 Å². The smallest absolute Gasteiger partial charge is 0.294 e. The minimum Gasteiger partial charge on any atom is -0.444 e. The maximum atomic E-state index is 12.2. The van der Waals surface area contributed by atoms with Crippen LogP contribution < -0.4 is 5.32 Å². The summed E-state index contributed by atoms with van der Waals surface area (Å²) in [6.45, 7) is 3.15. The minimum atomic E-state index is -0.600. The van der Waals surface area contributed by atoms with E-state index in [4.69, 9.17) is 9.47 Å². The predicted molar refractivity (Wildman–Crippen MR) is 76.3 cm³/mol. The number of nitrogens with zero attached hydrogens (tertiary/aromatic N) is 1. The average Bonchev–Trinajstić information content (AvgIpc) is 2.48. The van der Waals surface area contributed by atoms with Gasteiger partial charge in [-0.05, 0) is 6.92 Å². The van der Waals surface area contributed by atoms with Crippen molar-refractivity contribution in [2.24, 2.45) is 0 Å². The van der Waals surface area contributed by atoms with E-state index in [1.807, 2.05) is 42.2 Å². The second-order valence-corrected chi connectivity index (χ2v) is 5.07. The molecule has 1 fully saturated rings. The van der Waals surface area contributed by atoms with E-state index in [-0.39, 0.29) is 18.6 Å². The molecule has 6 heteroatoms. The van der Waals surface area contributed by atoms with Crippen molar-refractivity contribution >= 4 is 12.4 Å². The van der Waals surface area contributed by atoms with Crippen molar-refractivity contribution in [2.75, 3.05) is 20.3 Å². The maximum Gasteiger partial charge on any atom is 0.294 e. The summed E-state index contributed by atoms with van der Waals surface area (Å²) in [4.78, 5) is 24.9. The molecular weight excluding hydrogens is 272 g/mol. The highest BCUT2D eigenvalue weighted by molar-refractivity contribution is 5.83. The number of nitrogens with one attached hydrogen (secondary N) is 1. The van der Waals surface area contributed by atoms with Crippen LogP contribution in [0.1, 0.15) is 18.7 Å². The summed E-state index contributed by atoms with van der Waals surface area (Å²) >= 11 is 0. The Kier molecular flexibility index (Phi) is 5.30. The normalized spacial score (nSPS) is 24.2. The van der Waals surface area contributed by atoms with Crippen molar-refractivity contribution in [3.05, 3.63) is 35.9 Å². The molecule has 0 aromatic heterocycles. The molecule has 21 heavy (non-hydrogen) atoms. The van der Waals surface area contributed by atoms with Crippen molar-refractivity contribution in [1.29, 1.82) is 0 Å². The molecule has 1 aliphatic heterocycles. The third kappa shape index (κ3) is 3.59. The minimum absolute atomic E-state index is 0.0212. The van der Waals surface area contributed by atoms with E-state index in [1.54, 1.807) is 7.11 Å². The average molecular weight is 292 g/mol. The zero-order chi connectivity index (χ0) is 15.2. The Bertz CT molecular complexity index is 480. The van der Waals surface area contributed by atoms with E-state index in [9.17, 15) is 9.59 Å². The molecule has 1 heterocycles. The highest BCUT2D eigenvalue weighted by Gasteiger charge is 2.38. The van der Waals surface area contributed by atoms with Gasteiger partial charge in [-0.15, -0.1) is 0 Å². The molecule has 114 valence electrons. The Labute approximate surface area is 124 Å². The molecular formula is C15H20N2O4. The molecule has 1 aromatic carbocycles. The molecule has 0 bridgehead atoms. The van der Waals surface area contributed by atoms with Crippen LogP contribution in [-0.2, 0) is 19.1 Å². The van der Waals surface area contributed by atoms with E-state index in [0.717, 1.165) is 5.56 Å². The first-order valence-electron chi connectivity index (χ1n) is 6.86. The predicted octanol–water partition coefficient (Wildman–Crippen LogP) is 0.693. The summed E-state index contributed by atoms with van der Waals surface area (Å²) in [6, 6.07) is 8.86. The third-order valence-electron chi connectivity index (χ3n) is 3.47. The van der Waals surface area contributed by atoms with Gasteiger partial charge in [0.1, 0.15) is 6.04 Å². The van der Waals surface area contributed by atoms with Crippen LogP contribution >= 0.6 is 0 Å². The second kappa shape index (κ2) is 7.19. The fourth-order valence-corrected chi connectivity index (χ4v) is 2.59. The summed E-state index contributed by atoms with van der Waals surface area (Å²) < 4.78 is 10.4. The van der Waals surface area contributed by atoms with Gasteiger partial charge in [0.15, 0.2) is 6.23 Å². The summed E-state index contributed by atoms with van der Waals surface area (Å²) in [5.41, 5.74) is 0.826.